The zero-order valence-corrected chi connectivity index (χ0v) is 9.60. The molecule has 0 saturated carbocycles. The van der Waals surface area contributed by atoms with Gasteiger partial charge in [-0.05, 0) is 18.6 Å². The highest BCUT2D eigenvalue weighted by Gasteiger charge is 2.21. The summed E-state index contributed by atoms with van der Waals surface area (Å²) in [7, 11) is 0. The molecule has 92 valence electrons. The summed E-state index contributed by atoms with van der Waals surface area (Å²) in [5, 5.41) is 9.34. The first kappa shape index (κ1) is 12.2. The van der Waals surface area contributed by atoms with Crippen molar-refractivity contribution in [3.8, 4) is 0 Å². The van der Waals surface area contributed by atoms with Gasteiger partial charge in [0.25, 0.3) is 0 Å². The molecule has 1 fully saturated rings. The molecular formula is C13H16FNO2. The van der Waals surface area contributed by atoms with Gasteiger partial charge in [-0.25, -0.2) is 4.39 Å². The van der Waals surface area contributed by atoms with Crippen molar-refractivity contribution in [2.24, 2.45) is 0 Å². The number of carbonyl (C=O) groups excluding carboxylic acids is 1. The Morgan fingerprint density at radius 3 is 2.88 bits per heavy atom. The molecule has 1 heterocycles. The van der Waals surface area contributed by atoms with Crippen molar-refractivity contribution in [2.75, 3.05) is 19.6 Å². The minimum atomic E-state index is -0.459. The van der Waals surface area contributed by atoms with Crippen LogP contribution in [-0.2, 0) is 0 Å². The van der Waals surface area contributed by atoms with Crippen LogP contribution in [0.4, 0.5) is 4.39 Å². The Hall–Kier alpha value is -1.26. The maximum atomic E-state index is 13.3. The lowest BCUT2D eigenvalue weighted by atomic mass is 10.1. The Morgan fingerprint density at radius 1 is 1.47 bits per heavy atom. The van der Waals surface area contributed by atoms with Gasteiger partial charge in [0.1, 0.15) is 5.82 Å². The molecule has 1 saturated heterocycles. The van der Waals surface area contributed by atoms with Crippen LogP contribution >= 0.6 is 0 Å². The Balaban J connectivity index is 1.88. The van der Waals surface area contributed by atoms with Crippen molar-refractivity contribution in [1.29, 1.82) is 0 Å². The molecule has 1 unspecified atom stereocenters. The maximum absolute atomic E-state index is 13.3. The summed E-state index contributed by atoms with van der Waals surface area (Å²) in [4.78, 5) is 13.8. The quantitative estimate of drug-likeness (QED) is 0.806. The summed E-state index contributed by atoms with van der Waals surface area (Å²) in [6.07, 6.45) is 0.778. The molecule has 0 radical (unpaired) electrons. The number of ketones is 1. The van der Waals surface area contributed by atoms with Crippen molar-refractivity contribution in [3.63, 3.8) is 0 Å². The van der Waals surface area contributed by atoms with E-state index in [0.717, 1.165) is 13.0 Å². The molecule has 1 N–H and O–H groups in total. The molecule has 1 aliphatic heterocycles. The number of aliphatic hydroxyl groups excluding tert-OH is 1. The van der Waals surface area contributed by atoms with Gasteiger partial charge < -0.3 is 10.0 Å². The number of benzene rings is 1. The molecule has 0 bridgehead atoms. The zero-order valence-electron chi connectivity index (χ0n) is 9.60. The van der Waals surface area contributed by atoms with Crippen LogP contribution in [-0.4, -0.2) is 41.5 Å². The van der Waals surface area contributed by atoms with Crippen LogP contribution in [0.3, 0.4) is 0 Å². The predicted molar refractivity (Wildman–Crippen MR) is 62.4 cm³/mol. The Kier molecular flexibility index (Phi) is 3.86. The third kappa shape index (κ3) is 3.11. The van der Waals surface area contributed by atoms with Crippen molar-refractivity contribution in [2.45, 2.75) is 18.9 Å². The maximum Gasteiger partial charge on any atom is 0.167 e. The van der Waals surface area contributed by atoms with Crippen LogP contribution in [0.5, 0.6) is 0 Å². The number of aliphatic hydroxyl groups is 1. The second kappa shape index (κ2) is 5.38. The van der Waals surface area contributed by atoms with Crippen LogP contribution in [0.25, 0.3) is 0 Å². The first-order chi connectivity index (χ1) is 8.16. The van der Waals surface area contributed by atoms with E-state index in [1.54, 1.807) is 12.1 Å². The summed E-state index contributed by atoms with van der Waals surface area (Å²) in [5.74, 6) is -0.636. The monoisotopic (exact) mass is 237 g/mol. The number of hydrogen-bond acceptors (Lipinski definition) is 3. The molecule has 4 heteroatoms. The van der Waals surface area contributed by atoms with E-state index in [2.05, 4.69) is 0 Å². The lowest BCUT2D eigenvalue weighted by Crippen LogP contribution is -2.25. The molecule has 3 nitrogen and oxygen atoms in total. The highest BCUT2D eigenvalue weighted by molar-refractivity contribution is 5.96. The third-order valence-corrected chi connectivity index (χ3v) is 3.08. The molecule has 1 aromatic carbocycles. The topological polar surface area (TPSA) is 40.5 Å². The molecular weight excluding hydrogens is 221 g/mol. The normalized spacial score (nSPS) is 20.7. The fourth-order valence-electron chi connectivity index (χ4n) is 2.10. The van der Waals surface area contributed by atoms with Crippen LogP contribution in [0.1, 0.15) is 23.2 Å². The highest BCUT2D eigenvalue weighted by atomic mass is 19.1. The first-order valence-corrected chi connectivity index (χ1v) is 5.85. The van der Waals surface area contributed by atoms with Crippen LogP contribution in [0.15, 0.2) is 24.3 Å². The summed E-state index contributed by atoms with van der Waals surface area (Å²) in [6.45, 7) is 2.01. The van der Waals surface area contributed by atoms with Gasteiger partial charge in [-0.15, -0.1) is 0 Å². The fraction of sp³-hybridized carbons (Fsp3) is 0.462. The van der Waals surface area contributed by atoms with E-state index in [0.29, 0.717) is 19.5 Å². The molecule has 2 rings (SSSR count). The molecule has 1 atom stereocenters. The molecule has 0 amide bonds. The summed E-state index contributed by atoms with van der Waals surface area (Å²) >= 11 is 0. The average Bonchev–Trinajstić information content (AvgIpc) is 2.73. The van der Waals surface area contributed by atoms with Gasteiger partial charge in [-0.2, -0.15) is 0 Å². The number of Topliss-reactive ketones (excluding diaryl/α,β-unsaturated/α-hetero) is 1. The van der Waals surface area contributed by atoms with Gasteiger partial charge in [-0.3, -0.25) is 4.79 Å². The lowest BCUT2D eigenvalue weighted by Gasteiger charge is -2.13. The van der Waals surface area contributed by atoms with Gasteiger partial charge in [0, 0.05) is 26.1 Å². The van der Waals surface area contributed by atoms with Gasteiger partial charge >= 0.3 is 0 Å². The minimum Gasteiger partial charge on any atom is -0.392 e. The lowest BCUT2D eigenvalue weighted by molar-refractivity contribution is 0.0960. The molecule has 1 aromatic rings. The number of rotatable bonds is 4. The van der Waals surface area contributed by atoms with Crippen LogP contribution < -0.4 is 0 Å². The smallest absolute Gasteiger partial charge is 0.167 e. The van der Waals surface area contributed by atoms with Crippen molar-refractivity contribution >= 4 is 5.78 Å². The second-order valence-corrected chi connectivity index (χ2v) is 4.40. The summed E-state index contributed by atoms with van der Waals surface area (Å²) in [5.41, 5.74) is 0.159. The Bertz CT molecular complexity index is 408. The van der Waals surface area contributed by atoms with Gasteiger partial charge in [-0.1, -0.05) is 12.1 Å². The van der Waals surface area contributed by atoms with Crippen LogP contribution in [0, 0.1) is 5.82 Å². The van der Waals surface area contributed by atoms with E-state index in [1.165, 1.54) is 12.1 Å². The Morgan fingerprint density at radius 2 is 2.24 bits per heavy atom. The van der Waals surface area contributed by atoms with E-state index in [4.69, 9.17) is 0 Å². The van der Waals surface area contributed by atoms with Crippen molar-refractivity contribution < 1.29 is 14.3 Å². The number of likely N-dealkylation sites (tertiary alicyclic amines) is 1. The number of hydrogen-bond donors (Lipinski definition) is 1. The number of halogens is 1. The third-order valence-electron chi connectivity index (χ3n) is 3.08. The molecule has 1 aliphatic rings. The minimum absolute atomic E-state index is 0.159. The van der Waals surface area contributed by atoms with Crippen molar-refractivity contribution in [1.82, 2.24) is 4.90 Å². The van der Waals surface area contributed by atoms with Crippen molar-refractivity contribution in [3.05, 3.63) is 35.6 Å². The summed E-state index contributed by atoms with van der Waals surface area (Å²) < 4.78 is 13.3. The zero-order chi connectivity index (χ0) is 12.3. The molecule has 0 aromatic heterocycles. The number of carbonyl (C=O) groups is 1. The second-order valence-electron chi connectivity index (χ2n) is 4.40. The first-order valence-electron chi connectivity index (χ1n) is 5.85. The Labute approximate surface area is 99.9 Å². The summed E-state index contributed by atoms with van der Waals surface area (Å²) in [6, 6.07) is 6.04. The predicted octanol–water partition coefficient (Wildman–Crippen LogP) is 1.47. The van der Waals surface area contributed by atoms with E-state index in [-0.39, 0.29) is 17.5 Å². The van der Waals surface area contributed by atoms with Gasteiger partial charge in [0.2, 0.25) is 0 Å². The van der Waals surface area contributed by atoms with Gasteiger partial charge in [0.15, 0.2) is 5.78 Å². The molecule has 0 aliphatic carbocycles. The van der Waals surface area contributed by atoms with E-state index in [1.807, 2.05) is 4.90 Å². The van der Waals surface area contributed by atoms with Gasteiger partial charge in [0.05, 0.1) is 11.7 Å². The SMILES string of the molecule is O=C(CCN1CCC(O)C1)c1ccccc1F. The standard InChI is InChI=1S/C13H16FNO2/c14-12-4-2-1-3-11(12)13(17)6-8-15-7-5-10(16)9-15/h1-4,10,16H,5-9H2. The van der Waals surface area contributed by atoms with Crippen LogP contribution in [0.2, 0.25) is 0 Å². The van der Waals surface area contributed by atoms with E-state index >= 15 is 0 Å². The number of nitrogens with zero attached hydrogens (tertiary/aromatic N) is 1. The average molecular weight is 237 g/mol. The number of β-amino-alcohol motifs (C(OH)–C–C–N with tert-alkyl or cyclic N) is 1. The fourth-order valence-corrected chi connectivity index (χ4v) is 2.10. The molecule has 0 spiro atoms. The van der Waals surface area contributed by atoms with E-state index < -0.39 is 5.82 Å². The molecule has 17 heavy (non-hydrogen) atoms. The largest absolute Gasteiger partial charge is 0.392 e. The van der Waals surface area contributed by atoms with E-state index in [9.17, 15) is 14.3 Å². The highest BCUT2D eigenvalue weighted by Crippen LogP contribution is 2.12.